The van der Waals surface area contributed by atoms with Crippen molar-refractivity contribution >= 4 is 26.8 Å². The van der Waals surface area contributed by atoms with Crippen molar-refractivity contribution in [3.63, 3.8) is 0 Å². The number of rotatable bonds is 3. The van der Waals surface area contributed by atoms with Crippen molar-refractivity contribution in [2.24, 2.45) is 0 Å². The topological polar surface area (TPSA) is 51.8 Å². The van der Waals surface area contributed by atoms with Crippen LogP contribution in [-0.2, 0) is 0 Å². The Morgan fingerprint density at radius 2 is 2.05 bits per heavy atom. The largest absolute Gasteiger partial charge is 0.419 e. The van der Waals surface area contributed by atoms with Gasteiger partial charge in [0.15, 0.2) is 0 Å². The summed E-state index contributed by atoms with van der Waals surface area (Å²) >= 11 is 3.53. The normalized spacial score (nSPS) is 12.8. The van der Waals surface area contributed by atoms with Crippen LogP contribution in [0.2, 0.25) is 0 Å². The van der Waals surface area contributed by atoms with Gasteiger partial charge in [0.05, 0.1) is 10.3 Å². The number of nitrogens with zero attached hydrogens (tertiary/aromatic N) is 3. The molecule has 0 aliphatic rings. The van der Waals surface area contributed by atoms with Crippen LogP contribution in [0.5, 0.6) is 0 Å². The molecule has 1 atom stereocenters. The van der Waals surface area contributed by atoms with Gasteiger partial charge >= 0.3 is 0 Å². The Kier molecular flexibility index (Phi) is 3.53. The third kappa shape index (κ3) is 2.33. The van der Waals surface area contributed by atoms with Crippen molar-refractivity contribution in [1.82, 2.24) is 15.2 Å². The van der Waals surface area contributed by atoms with Gasteiger partial charge in [0, 0.05) is 16.6 Å². The highest BCUT2D eigenvalue weighted by molar-refractivity contribution is 9.09. The van der Waals surface area contributed by atoms with Crippen LogP contribution in [0.15, 0.2) is 34.7 Å². The fraction of sp³-hybridized carbons (Fsp3) is 0.267. The number of hydrogen-bond acceptors (Lipinski definition) is 4. The first kappa shape index (κ1) is 13.2. The second-order valence-corrected chi connectivity index (χ2v) is 5.75. The van der Waals surface area contributed by atoms with Gasteiger partial charge in [-0.3, -0.25) is 4.98 Å². The summed E-state index contributed by atoms with van der Waals surface area (Å²) in [7, 11) is 0. The van der Waals surface area contributed by atoms with Crippen LogP contribution in [0.4, 0.5) is 0 Å². The first-order valence-corrected chi connectivity index (χ1v) is 7.45. The van der Waals surface area contributed by atoms with Crippen LogP contribution in [0.1, 0.15) is 29.8 Å². The van der Waals surface area contributed by atoms with Crippen LogP contribution >= 0.6 is 15.9 Å². The van der Waals surface area contributed by atoms with Crippen molar-refractivity contribution in [3.8, 4) is 11.5 Å². The molecule has 0 N–H and O–H groups in total. The van der Waals surface area contributed by atoms with Gasteiger partial charge in [-0.2, -0.15) is 0 Å². The molecule has 3 rings (SSSR count). The third-order valence-corrected chi connectivity index (χ3v) is 4.18. The first-order valence-electron chi connectivity index (χ1n) is 6.53. The van der Waals surface area contributed by atoms with E-state index in [1.165, 1.54) is 0 Å². The minimum absolute atomic E-state index is 0.0953. The molecule has 0 fully saturated rings. The van der Waals surface area contributed by atoms with Crippen molar-refractivity contribution in [3.05, 3.63) is 41.9 Å². The summed E-state index contributed by atoms with van der Waals surface area (Å²) in [5.74, 6) is 1.15. The van der Waals surface area contributed by atoms with Crippen molar-refractivity contribution < 1.29 is 4.42 Å². The van der Waals surface area contributed by atoms with Crippen LogP contribution < -0.4 is 0 Å². The highest BCUT2D eigenvalue weighted by Crippen LogP contribution is 2.31. The number of fused-ring (bicyclic) bond motifs is 1. The summed E-state index contributed by atoms with van der Waals surface area (Å²) in [6.07, 6.45) is 0.901. The maximum Gasteiger partial charge on any atom is 0.248 e. The average molecular weight is 332 g/mol. The molecule has 5 heteroatoms. The molecule has 1 unspecified atom stereocenters. The quantitative estimate of drug-likeness (QED) is 0.666. The molecular formula is C15H14BrN3O. The van der Waals surface area contributed by atoms with Crippen LogP contribution in [0.3, 0.4) is 0 Å². The molecule has 0 aliphatic heterocycles. The lowest BCUT2D eigenvalue weighted by atomic mass is 10.1. The number of hydrogen-bond donors (Lipinski definition) is 0. The smallest absolute Gasteiger partial charge is 0.248 e. The summed E-state index contributed by atoms with van der Waals surface area (Å²) in [5, 5.41) is 9.31. The fourth-order valence-corrected chi connectivity index (χ4v) is 2.31. The first-order chi connectivity index (χ1) is 9.69. The number of halogens is 1. The van der Waals surface area contributed by atoms with E-state index < -0.39 is 0 Å². The second-order valence-electron chi connectivity index (χ2n) is 4.65. The number of benzene rings is 1. The van der Waals surface area contributed by atoms with Gasteiger partial charge < -0.3 is 4.42 Å². The highest BCUT2D eigenvalue weighted by atomic mass is 79.9. The van der Waals surface area contributed by atoms with E-state index in [1.54, 1.807) is 0 Å². The number of aryl methyl sites for hydroxylation is 1. The molecule has 0 saturated heterocycles. The van der Waals surface area contributed by atoms with Crippen LogP contribution in [-0.4, -0.2) is 15.2 Å². The highest BCUT2D eigenvalue weighted by Gasteiger charge is 2.16. The van der Waals surface area contributed by atoms with Gasteiger partial charge in [-0.25, -0.2) is 0 Å². The molecule has 0 spiro atoms. The van der Waals surface area contributed by atoms with Crippen molar-refractivity contribution in [2.75, 3.05) is 0 Å². The van der Waals surface area contributed by atoms with Crippen molar-refractivity contribution in [1.29, 1.82) is 0 Å². The molecule has 3 aromatic rings. The summed E-state index contributed by atoms with van der Waals surface area (Å²) in [6.45, 7) is 4.03. The zero-order chi connectivity index (χ0) is 14.1. The second kappa shape index (κ2) is 5.32. The van der Waals surface area contributed by atoms with Gasteiger partial charge in [-0.15, -0.1) is 10.2 Å². The van der Waals surface area contributed by atoms with E-state index in [-0.39, 0.29) is 4.83 Å². The molecule has 0 radical (unpaired) electrons. The number of para-hydroxylation sites is 1. The lowest BCUT2D eigenvalue weighted by Crippen LogP contribution is -1.88. The number of aromatic nitrogens is 3. The Balaban J connectivity index is 2.16. The van der Waals surface area contributed by atoms with E-state index in [4.69, 9.17) is 4.42 Å². The summed E-state index contributed by atoms with van der Waals surface area (Å²) in [5.41, 5.74) is 2.81. The number of pyridine rings is 1. The molecule has 2 aromatic heterocycles. The molecule has 102 valence electrons. The monoisotopic (exact) mass is 331 g/mol. The predicted molar refractivity (Wildman–Crippen MR) is 81.7 cm³/mol. The molecule has 0 saturated carbocycles. The molecule has 2 heterocycles. The van der Waals surface area contributed by atoms with Crippen LogP contribution in [0.25, 0.3) is 22.4 Å². The van der Waals surface area contributed by atoms with Crippen LogP contribution in [0, 0.1) is 6.92 Å². The lowest BCUT2D eigenvalue weighted by Gasteiger charge is -2.04. The lowest BCUT2D eigenvalue weighted by molar-refractivity contribution is 0.500. The molecule has 0 aliphatic carbocycles. The maximum absolute atomic E-state index is 5.79. The van der Waals surface area contributed by atoms with Crippen molar-refractivity contribution in [2.45, 2.75) is 25.1 Å². The molecule has 20 heavy (non-hydrogen) atoms. The van der Waals surface area contributed by atoms with Gasteiger partial charge in [0.2, 0.25) is 11.8 Å². The standard InChI is InChI=1S/C15H14BrN3O/c1-3-12(16)15-19-18-14(20-15)11-8-9(2)17-13-7-5-4-6-10(11)13/h4-8,12H,3H2,1-2H3. The summed E-state index contributed by atoms with van der Waals surface area (Å²) in [6, 6.07) is 9.95. The SMILES string of the molecule is CCC(Br)c1nnc(-c2cc(C)nc3ccccc23)o1. The van der Waals surface area contributed by atoms with E-state index in [0.29, 0.717) is 11.8 Å². The summed E-state index contributed by atoms with van der Waals surface area (Å²) < 4.78 is 5.79. The fourth-order valence-electron chi connectivity index (χ4n) is 2.13. The molecule has 1 aromatic carbocycles. The summed E-state index contributed by atoms with van der Waals surface area (Å²) in [4.78, 5) is 4.62. The Hall–Kier alpha value is -1.75. The van der Waals surface area contributed by atoms with Gasteiger partial charge in [-0.1, -0.05) is 41.1 Å². The minimum atomic E-state index is 0.0953. The predicted octanol–water partition coefficient (Wildman–Crippen LogP) is 4.44. The van der Waals surface area contributed by atoms with E-state index in [1.807, 2.05) is 37.3 Å². The molecule has 4 nitrogen and oxygen atoms in total. The van der Waals surface area contributed by atoms with Gasteiger partial charge in [0.25, 0.3) is 0 Å². The van der Waals surface area contributed by atoms with E-state index in [2.05, 4.69) is 38.0 Å². The zero-order valence-corrected chi connectivity index (χ0v) is 12.9. The van der Waals surface area contributed by atoms with Gasteiger partial charge in [-0.05, 0) is 25.5 Å². The van der Waals surface area contributed by atoms with E-state index in [9.17, 15) is 0 Å². The third-order valence-electron chi connectivity index (χ3n) is 3.14. The number of alkyl halides is 1. The zero-order valence-electron chi connectivity index (χ0n) is 11.3. The molecule has 0 bridgehead atoms. The molecular weight excluding hydrogens is 318 g/mol. The Bertz CT molecular complexity index is 754. The van der Waals surface area contributed by atoms with Gasteiger partial charge in [0.1, 0.15) is 0 Å². The van der Waals surface area contributed by atoms with E-state index >= 15 is 0 Å². The maximum atomic E-state index is 5.79. The minimum Gasteiger partial charge on any atom is -0.419 e. The Morgan fingerprint density at radius 1 is 1.25 bits per heavy atom. The average Bonchev–Trinajstić information content (AvgIpc) is 2.95. The Labute approximate surface area is 125 Å². The Morgan fingerprint density at radius 3 is 2.85 bits per heavy atom. The van der Waals surface area contributed by atoms with E-state index in [0.717, 1.165) is 28.6 Å². The molecule has 0 amide bonds.